The number of carboxylic acid groups (broad SMARTS) is 1. The van der Waals surface area contributed by atoms with Gasteiger partial charge in [0.25, 0.3) is 5.69 Å². The molecule has 0 unspecified atom stereocenters. The van der Waals surface area contributed by atoms with Crippen LogP contribution in [0.25, 0.3) is 0 Å². The number of non-ortho nitro benzene ring substituents is 1. The van der Waals surface area contributed by atoms with Gasteiger partial charge in [-0.2, -0.15) is 0 Å². The Hall–Kier alpha value is -9.81. The molecule has 3 aromatic carbocycles. The number of nitrogens with zero attached hydrogens (tertiary/aromatic N) is 7. The number of likely N-dealkylation sites (tertiary alicyclic amines) is 2. The van der Waals surface area contributed by atoms with Gasteiger partial charge in [-0.3, -0.25) is 82.1 Å². The van der Waals surface area contributed by atoms with Crippen LogP contribution < -0.4 is 29.0 Å². The predicted molar refractivity (Wildman–Crippen MR) is 547 cm³/mol. The average Bonchev–Trinajstić information content (AvgIpc) is 1.82. The van der Waals surface area contributed by atoms with Crippen LogP contribution >= 0.6 is 0 Å². The Bertz CT molecular complexity index is 4940. The number of ether oxygens (including phenoxy) is 7. The van der Waals surface area contributed by atoms with Gasteiger partial charge in [0.1, 0.15) is 28.8 Å². The Balaban J connectivity index is 0.000000502. The summed E-state index contributed by atoms with van der Waals surface area (Å²) in [6.45, 7) is 28.3. The Morgan fingerprint density at radius 1 is 0.462 bits per heavy atom. The number of rotatable bonds is 60. The number of sulfonamides is 2. The minimum absolute atomic E-state index is 0.000925. The quantitative estimate of drug-likeness (QED) is 0.0115. The van der Waals surface area contributed by atoms with Gasteiger partial charge < -0.3 is 68.3 Å². The fraction of sp³-hybridized carbons (Fsp3) is 0.705. The molecule has 4 aliphatic rings. The molecule has 145 heavy (non-hydrogen) atoms. The van der Waals surface area contributed by atoms with E-state index in [2.05, 4.69) is 14.8 Å². The SMILES string of the molecule is CC[C@H](C)[C@@H]([C@@H](CC(=O)N1CCC[C@H]1[C@H](OC)[C@@H](C)C(=O)C[C@@H](Cc1ccc(OC(=O)NCCCCCC(=O)O)cc1)C(=O)NS(=O)(=O)C1CC1)OC)N(C)C(=O)[C@@H](CC(=O)[C@H](C(C)C)N(C)C)C(C)C.CC[C@H](C)[C@@H]([C@@H](CC(=O)N1CCC[C@H]1[C@H](OC)[C@@H](C)C(=O)C[C@@H](Cc1ccc(OC(=O)Oc2ccc([N+](=O)[O-])cc2)cc1)C(=O)NS(=O)(=O)C1CC1)OC)N(C)C(=O)[C@@H](CC(=O)[C@H](C(C)C)N(C)C)C(C)C.CO. The highest BCUT2D eigenvalue weighted by Gasteiger charge is 2.49. The minimum atomic E-state index is -3.97. The summed E-state index contributed by atoms with van der Waals surface area (Å²) in [5, 5.41) is 28.0. The normalized spacial score (nSPS) is 18.2. The van der Waals surface area contributed by atoms with Gasteiger partial charge >= 0.3 is 18.2 Å². The number of Topliss-reactive ketones (excluding diaryl/α,β-unsaturated/α-hetero) is 4. The fourth-order valence-electron chi connectivity index (χ4n) is 20.1. The highest BCUT2D eigenvalue weighted by molar-refractivity contribution is 7.91. The number of carboxylic acids is 1. The monoisotopic (exact) mass is 2080 g/mol. The van der Waals surface area contributed by atoms with Crippen LogP contribution in [0.4, 0.5) is 15.3 Å². The van der Waals surface area contributed by atoms with Crippen molar-refractivity contribution in [3.8, 4) is 17.2 Å². The van der Waals surface area contributed by atoms with E-state index in [1.807, 2.05) is 121 Å². The topological polar surface area (TPSA) is 494 Å². The average molecular weight is 2080 g/mol. The van der Waals surface area contributed by atoms with E-state index in [0.29, 0.717) is 114 Å². The van der Waals surface area contributed by atoms with Crippen molar-refractivity contribution in [3.05, 3.63) is 94.0 Å². The van der Waals surface area contributed by atoms with Crippen molar-refractivity contribution in [1.29, 1.82) is 0 Å². The molecule has 18 atom stereocenters. The number of carbonyl (C=O) groups is 13. The third-order valence-corrected chi connectivity index (χ3v) is 32.4. The Morgan fingerprint density at radius 3 is 1.12 bits per heavy atom. The number of nitro groups is 1. The lowest BCUT2D eigenvalue weighted by atomic mass is 9.83. The van der Waals surface area contributed by atoms with Crippen LogP contribution in [0.2, 0.25) is 0 Å². The van der Waals surface area contributed by atoms with Crippen LogP contribution in [0.15, 0.2) is 72.8 Å². The van der Waals surface area contributed by atoms with Crippen molar-refractivity contribution in [3.63, 3.8) is 0 Å². The molecule has 2 saturated heterocycles. The highest BCUT2D eigenvalue weighted by Crippen LogP contribution is 2.38. The maximum absolute atomic E-state index is 14.5. The molecule has 0 radical (unpaired) electrons. The third kappa shape index (κ3) is 37.8. The summed E-state index contributed by atoms with van der Waals surface area (Å²) in [6.07, 6.45) is 1.76. The fourth-order valence-corrected chi connectivity index (χ4v) is 22.8. The van der Waals surface area contributed by atoms with Crippen LogP contribution in [0.3, 0.4) is 0 Å². The molecule has 0 spiro atoms. The van der Waals surface area contributed by atoms with Crippen LogP contribution in [-0.2, 0) is 105 Å². The number of aliphatic carboxylic acids is 1. The van der Waals surface area contributed by atoms with Crippen molar-refractivity contribution < 1.29 is 127 Å². The van der Waals surface area contributed by atoms with Crippen molar-refractivity contribution in [2.24, 2.45) is 71.0 Å². The highest BCUT2D eigenvalue weighted by atomic mass is 32.2. The maximum Gasteiger partial charge on any atom is 0.519 e. The van der Waals surface area contributed by atoms with Crippen molar-refractivity contribution in [2.75, 3.05) is 97.5 Å². The van der Waals surface area contributed by atoms with E-state index in [1.165, 1.54) is 77.0 Å². The van der Waals surface area contributed by atoms with E-state index in [9.17, 15) is 89.3 Å². The molecular formula is C105H166N10O28S2. The van der Waals surface area contributed by atoms with Gasteiger partial charge in [0.05, 0.1) is 88.9 Å². The first-order chi connectivity index (χ1) is 68.2. The number of amides is 7. The van der Waals surface area contributed by atoms with Gasteiger partial charge in [0.2, 0.25) is 55.5 Å². The second-order valence-corrected chi connectivity index (χ2v) is 45.0. The Labute approximate surface area is 858 Å². The molecule has 7 rings (SSSR count). The standard InChI is InChI=1S/C52H77N5O14S.C52H85N5O13S.CH4O/c1-13-33(6)48(55(10)51(62)41(31(2)3)29-44(59)47(32(4)5)54(8)9)45(68-11)30-46(60)56-26-14-15-42(56)49(69-12)34(7)43(58)28-36(50(61)53-72(66,67)40-24-25-40)27-35-16-20-38(21-17-35)70-52(63)71-39-22-18-37(19-23-39)57(64)65;1-13-34(6)48(56(10)51(64)40(32(2)3)30-43(59)47(33(4)5)55(8)9)44(68-11)31-45(60)57-27-17-18-41(57)49(69-12)35(7)42(58)29-37(50(63)54-71(66,67)39-24-25-39)28-36-20-22-38(23-21-36)70-52(65)53-26-16-14-15-19-46(61)62;1-2/h16-23,31-34,36,40-42,45,47-49H,13-15,24-30H2,1-12H3,(H,53,61);20-23,32-35,37,39-41,44,47-49H,13-19,24-31H2,1-12H3,(H,53,65)(H,54,63)(H,61,62);2H,1H3/t33-,34-,36+,41-,42-,45+,47-,48-,49+;34-,35-,37+,40-,41-,44+,47-,48-,49+;/m00./s1. The van der Waals surface area contributed by atoms with Gasteiger partial charge in [0.15, 0.2) is 11.6 Å². The lowest BCUT2D eigenvalue weighted by Gasteiger charge is -2.41. The van der Waals surface area contributed by atoms with E-state index in [-0.39, 0.29) is 175 Å². The molecule has 40 heteroatoms. The van der Waals surface area contributed by atoms with Crippen molar-refractivity contribution in [1.82, 2.24) is 44.2 Å². The first-order valence-corrected chi connectivity index (χ1v) is 54.0. The number of unbranched alkanes of at least 4 members (excludes halogenated alkanes) is 2. The van der Waals surface area contributed by atoms with E-state index in [4.69, 9.17) is 43.4 Å². The molecule has 2 aliphatic heterocycles. The zero-order valence-corrected chi connectivity index (χ0v) is 91.6. The molecule has 0 bridgehead atoms. The lowest BCUT2D eigenvalue weighted by molar-refractivity contribution is -0.384. The first-order valence-electron chi connectivity index (χ1n) is 51.0. The summed E-state index contributed by atoms with van der Waals surface area (Å²) in [5.74, 6) is -9.11. The van der Waals surface area contributed by atoms with E-state index in [0.717, 1.165) is 7.11 Å². The zero-order valence-electron chi connectivity index (χ0n) is 89.9. The number of hydrogen-bond acceptors (Lipinski definition) is 29. The molecule has 38 nitrogen and oxygen atoms in total. The van der Waals surface area contributed by atoms with Gasteiger partial charge in [0, 0.05) is 149 Å². The summed E-state index contributed by atoms with van der Waals surface area (Å²) in [7, 11) is 9.99. The third-order valence-electron chi connectivity index (χ3n) is 28.7. The molecule has 4 fully saturated rings. The molecule has 2 saturated carbocycles. The van der Waals surface area contributed by atoms with Crippen LogP contribution in [-0.4, -0.2) is 307 Å². The smallest absolute Gasteiger partial charge is 0.481 e. The first kappa shape index (κ1) is 126. The summed E-state index contributed by atoms with van der Waals surface area (Å²) < 4.78 is 96.0. The van der Waals surface area contributed by atoms with Crippen LogP contribution in [0.5, 0.6) is 17.2 Å². The number of ketones is 4. The number of aliphatic hydroxyl groups is 1. The van der Waals surface area contributed by atoms with E-state index in [1.54, 1.807) is 71.8 Å². The lowest BCUT2D eigenvalue weighted by Crippen LogP contribution is -2.54. The molecular weight excluding hydrogens is 1910 g/mol. The number of nitro benzene ring substituents is 1. The van der Waals surface area contributed by atoms with Crippen LogP contribution in [0, 0.1) is 81.1 Å². The number of nitrogens with one attached hydrogen (secondary N) is 3. The predicted octanol–water partition coefficient (Wildman–Crippen LogP) is 12.1. The molecule has 0 aromatic heterocycles. The summed E-state index contributed by atoms with van der Waals surface area (Å²) in [4.78, 5) is 198. The number of hydrogen-bond donors (Lipinski definition) is 5. The largest absolute Gasteiger partial charge is 0.519 e. The Morgan fingerprint density at radius 2 is 0.814 bits per heavy atom. The van der Waals surface area contributed by atoms with Gasteiger partial charge in [-0.1, -0.05) is 140 Å². The molecule has 7 amide bonds. The van der Waals surface area contributed by atoms with Crippen molar-refractivity contribution in [2.45, 2.75) is 309 Å². The molecule has 2 aliphatic carbocycles. The van der Waals surface area contributed by atoms with Gasteiger partial charge in [-0.05, 0) is 188 Å². The summed E-state index contributed by atoms with van der Waals surface area (Å²) in [6, 6.07) is 14.4. The molecule has 816 valence electrons. The number of likely N-dealkylation sites (N-methyl/N-ethyl adjacent to an activating group) is 4. The molecule has 3 aromatic rings. The molecule has 5 N–H and O–H groups in total. The van der Waals surface area contributed by atoms with Crippen LogP contribution in [0.1, 0.15) is 236 Å². The van der Waals surface area contributed by atoms with Gasteiger partial charge in [-0.15, -0.1) is 0 Å². The number of carbonyl (C=O) groups excluding carboxylic acids is 12. The maximum atomic E-state index is 14.5. The number of benzene rings is 3. The number of methoxy groups -OCH3 is 4. The zero-order chi connectivity index (χ0) is 109. The second kappa shape index (κ2) is 60.0. The minimum Gasteiger partial charge on any atom is -0.481 e. The van der Waals surface area contributed by atoms with E-state index < -0.39 is 150 Å². The van der Waals surface area contributed by atoms with Gasteiger partial charge in [-0.25, -0.2) is 26.4 Å². The second-order valence-electron chi connectivity index (χ2n) is 41.1. The molecule has 2 heterocycles. The Kier molecular flexibility index (Phi) is 52.0. The van der Waals surface area contributed by atoms with Crippen molar-refractivity contribution >= 4 is 103 Å². The number of aliphatic hydroxyl groups excluding tert-OH is 1. The summed E-state index contributed by atoms with van der Waals surface area (Å²) in [5.41, 5.74) is 0.927. The van der Waals surface area contributed by atoms with E-state index >= 15 is 0 Å². The summed E-state index contributed by atoms with van der Waals surface area (Å²) >= 11 is 0.